The molecule has 1 aromatic heterocycles. The quantitative estimate of drug-likeness (QED) is 0.786. The number of aliphatic hydroxyl groups is 1. The molecule has 2 rings (SSSR count). The van der Waals surface area contributed by atoms with E-state index in [2.05, 4.69) is 10.6 Å². The molecule has 2 amide bonds. The Labute approximate surface area is 121 Å². The van der Waals surface area contributed by atoms with Crippen molar-refractivity contribution in [2.24, 2.45) is 0 Å². The van der Waals surface area contributed by atoms with Crippen molar-refractivity contribution in [3.8, 4) is 0 Å². The second-order valence-electron chi connectivity index (χ2n) is 4.61. The monoisotopic (exact) mass is 288 g/mol. The second-order valence-corrected chi connectivity index (χ2v) is 4.61. The molecule has 1 heterocycles. The van der Waals surface area contributed by atoms with E-state index >= 15 is 0 Å². The van der Waals surface area contributed by atoms with Gasteiger partial charge in [0.25, 0.3) is 5.91 Å². The van der Waals surface area contributed by atoms with Gasteiger partial charge in [-0.25, -0.2) is 0 Å². The largest absolute Gasteiger partial charge is 0.459 e. The molecular formula is C15H16N2O4. The number of anilines is 2. The van der Waals surface area contributed by atoms with Crippen LogP contribution < -0.4 is 10.6 Å². The third-order valence-electron chi connectivity index (χ3n) is 2.65. The minimum Gasteiger partial charge on any atom is -0.459 e. The van der Waals surface area contributed by atoms with Crippen LogP contribution in [0.4, 0.5) is 11.4 Å². The van der Waals surface area contributed by atoms with Gasteiger partial charge in [-0.05, 0) is 43.3 Å². The molecule has 6 heteroatoms. The van der Waals surface area contributed by atoms with Gasteiger partial charge in [0.2, 0.25) is 5.91 Å². The molecular weight excluding hydrogens is 272 g/mol. The first-order valence-electron chi connectivity index (χ1n) is 6.47. The van der Waals surface area contributed by atoms with Crippen molar-refractivity contribution in [3.63, 3.8) is 0 Å². The first-order valence-corrected chi connectivity index (χ1v) is 6.47. The van der Waals surface area contributed by atoms with Crippen molar-refractivity contribution >= 4 is 23.2 Å². The summed E-state index contributed by atoms with van der Waals surface area (Å²) in [7, 11) is 0. The summed E-state index contributed by atoms with van der Waals surface area (Å²) in [5.41, 5.74) is 1.18. The SMILES string of the molecule is CC(O)CC(=O)Nc1ccc(NC(=O)c2ccco2)cc1. The van der Waals surface area contributed by atoms with Crippen molar-refractivity contribution in [2.45, 2.75) is 19.4 Å². The molecule has 0 aliphatic rings. The molecule has 0 aliphatic carbocycles. The van der Waals surface area contributed by atoms with Crippen molar-refractivity contribution in [3.05, 3.63) is 48.4 Å². The number of benzene rings is 1. The Bertz CT molecular complexity index is 603. The lowest BCUT2D eigenvalue weighted by Crippen LogP contribution is -2.17. The van der Waals surface area contributed by atoms with Gasteiger partial charge < -0.3 is 20.2 Å². The maximum Gasteiger partial charge on any atom is 0.291 e. The van der Waals surface area contributed by atoms with Gasteiger partial charge in [-0.2, -0.15) is 0 Å². The number of nitrogens with one attached hydrogen (secondary N) is 2. The smallest absolute Gasteiger partial charge is 0.291 e. The average Bonchev–Trinajstić information content (AvgIpc) is 2.94. The van der Waals surface area contributed by atoms with E-state index in [-0.39, 0.29) is 24.0 Å². The molecule has 1 aromatic carbocycles. The van der Waals surface area contributed by atoms with E-state index in [1.165, 1.54) is 6.26 Å². The maximum absolute atomic E-state index is 11.8. The van der Waals surface area contributed by atoms with E-state index in [9.17, 15) is 9.59 Å². The number of carbonyl (C=O) groups is 2. The minimum atomic E-state index is -0.683. The Morgan fingerprint density at radius 2 is 1.76 bits per heavy atom. The maximum atomic E-state index is 11.8. The van der Waals surface area contributed by atoms with Crippen LogP contribution in [0.2, 0.25) is 0 Å². The van der Waals surface area contributed by atoms with Crippen LogP contribution in [0.25, 0.3) is 0 Å². The van der Waals surface area contributed by atoms with E-state index in [0.717, 1.165) is 0 Å². The highest BCUT2D eigenvalue weighted by Crippen LogP contribution is 2.15. The standard InChI is InChI=1S/C15H16N2O4/c1-10(18)9-14(19)16-11-4-6-12(7-5-11)17-15(20)13-3-2-8-21-13/h2-8,10,18H,9H2,1H3,(H,16,19)(H,17,20). The Morgan fingerprint density at radius 3 is 2.29 bits per heavy atom. The molecule has 0 bridgehead atoms. The normalized spacial score (nSPS) is 11.7. The summed E-state index contributed by atoms with van der Waals surface area (Å²) in [5.74, 6) is -0.382. The zero-order chi connectivity index (χ0) is 15.2. The van der Waals surface area contributed by atoms with Gasteiger partial charge in [0.15, 0.2) is 5.76 Å². The van der Waals surface area contributed by atoms with Crippen LogP contribution in [0.1, 0.15) is 23.9 Å². The van der Waals surface area contributed by atoms with Gasteiger partial charge in [-0.15, -0.1) is 0 Å². The molecule has 110 valence electrons. The number of hydrogen-bond donors (Lipinski definition) is 3. The summed E-state index contributed by atoms with van der Waals surface area (Å²) in [6.45, 7) is 1.55. The van der Waals surface area contributed by atoms with Crippen LogP contribution in [0.15, 0.2) is 47.1 Å². The highest BCUT2D eigenvalue weighted by atomic mass is 16.3. The molecule has 1 atom stereocenters. The predicted molar refractivity (Wildman–Crippen MR) is 78.0 cm³/mol. The lowest BCUT2D eigenvalue weighted by Gasteiger charge is -2.08. The van der Waals surface area contributed by atoms with Crippen molar-refractivity contribution in [1.82, 2.24) is 0 Å². The third kappa shape index (κ3) is 4.47. The van der Waals surface area contributed by atoms with Crippen LogP contribution in [0.3, 0.4) is 0 Å². The zero-order valence-electron chi connectivity index (χ0n) is 11.5. The van der Waals surface area contributed by atoms with Crippen LogP contribution in [-0.4, -0.2) is 23.0 Å². The Balaban J connectivity index is 1.93. The zero-order valence-corrected chi connectivity index (χ0v) is 11.5. The van der Waals surface area contributed by atoms with Crippen LogP contribution in [-0.2, 0) is 4.79 Å². The van der Waals surface area contributed by atoms with Crippen molar-refractivity contribution < 1.29 is 19.1 Å². The molecule has 6 nitrogen and oxygen atoms in total. The predicted octanol–water partition coefficient (Wildman–Crippen LogP) is 2.24. The van der Waals surface area contributed by atoms with E-state index in [1.807, 2.05) is 0 Å². The molecule has 3 N–H and O–H groups in total. The number of amides is 2. The number of aliphatic hydroxyl groups excluding tert-OH is 1. The fourth-order valence-corrected chi connectivity index (χ4v) is 1.72. The van der Waals surface area contributed by atoms with E-state index in [0.29, 0.717) is 11.4 Å². The number of hydrogen-bond acceptors (Lipinski definition) is 4. The molecule has 0 spiro atoms. The van der Waals surface area contributed by atoms with E-state index < -0.39 is 6.10 Å². The van der Waals surface area contributed by atoms with Crippen molar-refractivity contribution in [1.29, 1.82) is 0 Å². The summed E-state index contributed by atoms with van der Waals surface area (Å²) in [6.07, 6.45) is 0.781. The Morgan fingerprint density at radius 1 is 1.14 bits per heavy atom. The van der Waals surface area contributed by atoms with Gasteiger partial charge in [-0.1, -0.05) is 0 Å². The van der Waals surface area contributed by atoms with Crippen LogP contribution >= 0.6 is 0 Å². The van der Waals surface area contributed by atoms with Gasteiger partial charge in [0.1, 0.15) is 0 Å². The number of rotatable bonds is 5. The lowest BCUT2D eigenvalue weighted by molar-refractivity contribution is -0.117. The van der Waals surface area contributed by atoms with Gasteiger partial charge in [0, 0.05) is 11.4 Å². The Kier molecular flexibility index (Phi) is 4.73. The summed E-state index contributed by atoms with van der Waals surface area (Å²) >= 11 is 0. The summed E-state index contributed by atoms with van der Waals surface area (Å²) < 4.78 is 4.99. The topological polar surface area (TPSA) is 91.6 Å². The number of carbonyl (C=O) groups excluding carboxylic acids is 2. The molecule has 0 saturated heterocycles. The van der Waals surface area contributed by atoms with Crippen LogP contribution in [0, 0.1) is 0 Å². The van der Waals surface area contributed by atoms with Crippen LogP contribution in [0.5, 0.6) is 0 Å². The van der Waals surface area contributed by atoms with E-state index in [4.69, 9.17) is 9.52 Å². The summed E-state index contributed by atoms with van der Waals surface area (Å²) in [4.78, 5) is 23.2. The summed E-state index contributed by atoms with van der Waals surface area (Å²) in [5, 5.41) is 14.4. The summed E-state index contributed by atoms with van der Waals surface area (Å²) in [6, 6.07) is 9.86. The van der Waals surface area contributed by atoms with Gasteiger partial charge in [-0.3, -0.25) is 9.59 Å². The first-order chi connectivity index (χ1) is 10.0. The molecule has 2 aromatic rings. The Hall–Kier alpha value is -2.60. The fraction of sp³-hybridized carbons (Fsp3) is 0.200. The molecule has 0 fully saturated rings. The van der Waals surface area contributed by atoms with Gasteiger partial charge in [0.05, 0.1) is 18.8 Å². The molecule has 0 aliphatic heterocycles. The average molecular weight is 288 g/mol. The lowest BCUT2D eigenvalue weighted by atomic mass is 10.2. The van der Waals surface area contributed by atoms with Gasteiger partial charge >= 0.3 is 0 Å². The highest BCUT2D eigenvalue weighted by Gasteiger charge is 2.09. The molecule has 1 unspecified atom stereocenters. The third-order valence-corrected chi connectivity index (χ3v) is 2.65. The first kappa shape index (κ1) is 14.8. The van der Waals surface area contributed by atoms with Crippen molar-refractivity contribution in [2.75, 3.05) is 10.6 Å². The molecule has 0 saturated carbocycles. The fourth-order valence-electron chi connectivity index (χ4n) is 1.72. The van der Waals surface area contributed by atoms with E-state index in [1.54, 1.807) is 43.3 Å². The molecule has 21 heavy (non-hydrogen) atoms. The minimum absolute atomic E-state index is 0.0387. The highest BCUT2D eigenvalue weighted by molar-refractivity contribution is 6.02. The second kappa shape index (κ2) is 6.71. The molecule has 0 radical (unpaired) electrons. The number of furan rings is 1.